The zero-order valence-electron chi connectivity index (χ0n) is 36.9. The van der Waals surface area contributed by atoms with Crippen LogP contribution in [-0.4, -0.2) is 42.9 Å². The third kappa shape index (κ3) is 5.25. The summed E-state index contributed by atoms with van der Waals surface area (Å²) in [6.45, 7) is 0. The molecule has 0 amide bonds. The molecule has 0 aliphatic rings. The van der Waals surface area contributed by atoms with Crippen LogP contribution in [0.2, 0.25) is 0 Å². The number of furan rings is 2. The van der Waals surface area contributed by atoms with Gasteiger partial charge in [-0.25, -0.2) is 24.9 Å². The van der Waals surface area contributed by atoms with Crippen LogP contribution in [0.15, 0.2) is 209 Å². The number of imidazole rings is 4. The molecule has 0 bridgehead atoms. The van der Waals surface area contributed by atoms with Crippen molar-refractivity contribution >= 4 is 99.6 Å². The van der Waals surface area contributed by atoms with Gasteiger partial charge in [-0.15, -0.1) is 0 Å². The van der Waals surface area contributed by atoms with E-state index in [-0.39, 0.29) is 0 Å². The van der Waals surface area contributed by atoms with Crippen molar-refractivity contribution in [1.29, 1.82) is 0 Å². The third-order valence-electron chi connectivity index (χ3n) is 13.8. The maximum atomic E-state index is 6.48. The SMILES string of the molecule is c1ccc(-c2nc(-c3ccc4oc5ccc(-n6c7ccccc7n7c8ccccc8nc67)cc5c4c3)nc(-c3ccc4oc5ccc(-n6c7ccccc7n7c8ccccc8nc67)cc5c4c3)n2)cc1. The number of benzene rings is 9. The Morgan fingerprint density at radius 1 is 0.286 bits per heavy atom. The summed E-state index contributed by atoms with van der Waals surface area (Å²) in [7, 11) is 0. The normalized spacial score (nSPS) is 12.3. The maximum Gasteiger partial charge on any atom is 0.220 e. The highest BCUT2D eigenvalue weighted by molar-refractivity contribution is 6.09. The van der Waals surface area contributed by atoms with Gasteiger partial charge < -0.3 is 8.83 Å². The predicted octanol–water partition coefficient (Wildman–Crippen LogP) is 14.2. The minimum Gasteiger partial charge on any atom is -0.456 e. The van der Waals surface area contributed by atoms with Gasteiger partial charge in [0.2, 0.25) is 11.6 Å². The molecule has 0 atom stereocenters. The van der Waals surface area contributed by atoms with Gasteiger partial charge in [0.1, 0.15) is 22.3 Å². The zero-order valence-corrected chi connectivity index (χ0v) is 36.9. The predicted molar refractivity (Wildman–Crippen MR) is 277 cm³/mol. The summed E-state index contributed by atoms with van der Waals surface area (Å²) >= 11 is 0. The smallest absolute Gasteiger partial charge is 0.220 e. The second-order valence-electron chi connectivity index (χ2n) is 17.8. The Morgan fingerprint density at radius 2 is 0.657 bits per heavy atom. The molecule has 0 aliphatic heterocycles. The average Bonchev–Trinajstić information content (AvgIpc) is 4.27. The van der Waals surface area contributed by atoms with Gasteiger partial charge in [0, 0.05) is 38.2 Å². The standard InChI is InChI=1S/C59H33N9O2/c1-2-12-34(13-3-1)55-62-56(35-22-26-51-39(30-35)41-32-37(24-28-53(41)69-51)65-47-18-8-10-20-49(47)67-45-16-6-4-14-43(45)60-58(65)67)64-57(63-55)36-23-27-52-40(31-36)42-33-38(25-29-54(42)70-52)66-48-19-9-11-21-50(48)68-46-17-7-5-15-44(46)61-59(66)68/h1-33H. The molecular formula is C59H33N9O2. The Bertz CT molecular complexity index is 4570. The van der Waals surface area contributed by atoms with Gasteiger partial charge in [0.15, 0.2) is 17.5 Å². The summed E-state index contributed by atoms with van der Waals surface area (Å²) in [5.41, 5.74) is 16.0. The van der Waals surface area contributed by atoms with E-state index in [9.17, 15) is 0 Å². The quantitative estimate of drug-likeness (QED) is 0.169. The third-order valence-corrected chi connectivity index (χ3v) is 13.8. The maximum absolute atomic E-state index is 6.48. The van der Waals surface area contributed by atoms with Gasteiger partial charge in [-0.05, 0) is 121 Å². The van der Waals surface area contributed by atoms with E-state index in [0.717, 1.165) is 128 Å². The first-order valence-corrected chi connectivity index (χ1v) is 23.2. The summed E-state index contributed by atoms with van der Waals surface area (Å²) in [4.78, 5) is 25.7. The molecular weight excluding hydrogens is 867 g/mol. The number of aromatic nitrogens is 9. The van der Waals surface area contributed by atoms with Crippen molar-refractivity contribution in [3.63, 3.8) is 0 Å². The number of para-hydroxylation sites is 8. The second kappa shape index (κ2) is 13.8. The first kappa shape index (κ1) is 37.2. The molecule has 7 heterocycles. The molecule has 0 saturated carbocycles. The van der Waals surface area contributed by atoms with E-state index < -0.39 is 0 Å². The number of hydrogen-bond acceptors (Lipinski definition) is 7. The van der Waals surface area contributed by atoms with Gasteiger partial charge in [-0.3, -0.25) is 17.9 Å². The lowest BCUT2D eigenvalue weighted by Gasteiger charge is -2.09. The lowest BCUT2D eigenvalue weighted by Crippen LogP contribution is -2.00. The second-order valence-corrected chi connectivity index (χ2v) is 17.8. The highest BCUT2D eigenvalue weighted by Crippen LogP contribution is 2.39. The van der Waals surface area contributed by atoms with Crippen molar-refractivity contribution in [2.24, 2.45) is 0 Å². The summed E-state index contributed by atoms with van der Waals surface area (Å²) in [6, 6.07) is 68.5. The van der Waals surface area contributed by atoms with Crippen LogP contribution in [0.4, 0.5) is 0 Å². The molecule has 70 heavy (non-hydrogen) atoms. The van der Waals surface area contributed by atoms with Crippen LogP contribution in [0.3, 0.4) is 0 Å². The number of nitrogens with zero attached hydrogens (tertiary/aromatic N) is 9. The fraction of sp³-hybridized carbons (Fsp3) is 0. The lowest BCUT2D eigenvalue weighted by molar-refractivity contribution is 0.668. The van der Waals surface area contributed by atoms with Crippen LogP contribution in [0.1, 0.15) is 0 Å². The van der Waals surface area contributed by atoms with Crippen LogP contribution < -0.4 is 0 Å². The molecule has 0 radical (unpaired) electrons. The highest BCUT2D eigenvalue weighted by atomic mass is 16.3. The minimum absolute atomic E-state index is 0.550. The van der Waals surface area contributed by atoms with E-state index in [0.29, 0.717) is 17.5 Å². The largest absolute Gasteiger partial charge is 0.456 e. The van der Waals surface area contributed by atoms with Gasteiger partial charge in [0.25, 0.3) is 0 Å². The average molecular weight is 900 g/mol. The molecule has 326 valence electrons. The molecule has 0 aliphatic carbocycles. The number of fused-ring (bicyclic) bond motifs is 16. The summed E-state index contributed by atoms with van der Waals surface area (Å²) in [6.07, 6.45) is 0. The molecule has 0 spiro atoms. The topological polar surface area (TPSA) is 109 Å². The number of hydrogen-bond donors (Lipinski definition) is 0. The van der Waals surface area contributed by atoms with Crippen LogP contribution in [0.5, 0.6) is 0 Å². The van der Waals surface area contributed by atoms with Crippen molar-refractivity contribution in [1.82, 2.24) is 42.9 Å². The Balaban J connectivity index is 0.850. The molecule has 7 aromatic heterocycles. The van der Waals surface area contributed by atoms with E-state index in [4.69, 9.17) is 33.8 Å². The Labute approximate surface area is 395 Å². The zero-order chi connectivity index (χ0) is 45.6. The van der Waals surface area contributed by atoms with E-state index in [1.165, 1.54) is 0 Å². The summed E-state index contributed by atoms with van der Waals surface area (Å²) in [5, 5.41) is 3.87. The Morgan fingerprint density at radius 3 is 1.13 bits per heavy atom. The monoisotopic (exact) mass is 899 g/mol. The van der Waals surface area contributed by atoms with Crippen molar-refractivity contribution in [3.8, 4) is 45.5 Å². The van der Waals surface area contributed by atoms with Crippen LogP contribution >= 0.6 is 0 Å². The molecule has 0 saturated heterocycles. The molecule has 0 N–H and O–H groups in total. The lowest BCUT2D eigenvalue weighted by atomic mass is 10.1. The van der Waals surface area contributed by atoms with Gasteiger partial charge in [-0.1, -0.05) is 78.9 Å². The fourth-order valence-corrected chi connectivity index (χ4v) is 10.6. The van der Waals surface area contributed by atoms with E-state index in [2.05, 4.69) is 139 Å². The highest BCUT2D eigenvalue weighted by Gasteiger charge is 2.22. The summed E-state index contributed by atoms with van der Waals surface area (Å²) in [5.74, 6) is 3.37. The molecule has 11 heteroatoms. The van der Waals surface area contributed by atoms with E-state index in [1.54, 1.807) is 0 Å². The first-order valence-electron chi connectivity index (χ1n) is 23.2. The molecule has 9 aromatic carbocycles. The van der Waals surface area contributed by atoms with Gasteiger partial charge >= 0.3 is 0 Å². The Hall–Kier alpha value is -9.87. The molecule has 16 aromatic rings. The van der Waals surface area contributed by atoms with Crippen molar-refractivity contribution in [2.45, 2.75) is 0 Å². The fourth-order valence-electron chi connectivity index (χ4n) is 10.6. The minimum atomic E-state index is 0.550. The summed E-state index contributed by atoms with van der Waals surface area (Å²) < 4.78 is 21.9. The van der Waals surface area contributed by atoms with Crippen LogP contribution in [0, 0.1) is 0 Å². The van der Waals surface area contributed by atoms with Gasteiger partial charge in [-0.2, -0.15) is 0 Å². The molecule has 0 fully saturated rings. The van der Waals surface area contributed by atoms with Crippen molar-refractivity contribution < 1.29 is 8.83 Å². The molecule has 0 unspecified atom stereocenters. The molecule has 16 rings (SSSR count). The van der Waals surface area contributed by atoms with E-state index >= 15 is 0 Å². The van der Waals surface area contributed by atoms with Crippen molar-refractivity contribution in [2.75, 3.05) is 0 Å². The van der Waals surface area contributed by atoms with Crippen molar-refractivity contribution in [3.05, 3.63) is 200 Å². The van der Waals surface area contributed by atoms with Gasteiger partial charge in [0.05, 0.1) is 55.5 Å². The Kier molecular flexibility index (Phi) is 7.37. The van der Waals surface area contributed by atoms with Crippen LogP contribution in [0.25, 0.3) is 145 Å². The van der Waals surface area contributed by atoms with E-state index in [1.807, 2.05) is 78.9 Å². The number of rotatable bonds is 5. The first-order chi connectivity index (χ1) is 34.7. The van der Waals surface area contributed by atoms with Crippen LogP contribution in [-0.2, 0) is 0 Å². The molecule has 11 nitrogen and oxygen atoms in total.